The monoisotopic (exact) mass is 426 g/mol. The second-order valence-electron chi connectivity index (χ2n) is 7.58. The molecule has 0 unspecified atom stereocenters. The molecule has 0 radical (unpaired) electrons. The molecule has 0 fully saturated rings. The topological polar surface area (TPSA) is 58.9 Å². The van der Waals surface area contributed by atoms with Gasteiger partial charge in [-0.3, -0.25) is 0 Å². The molecule has 0 aliphatic heterocycles. The van der Waals surface area contributed by atoms with Crippen molar-refractivity contribution in [3.8, 4) is 34.1 Å². The van der Waals surface area contributed by atoms with Gasteiger partial charge in [-0.2, -0.15) is 0 Å². The minimum absolute atomic E-state index is 0.277. The summed E-state index contributed by atoms with van der Waals surface area (Å²) in [5, 5.41) is 18.7. The van der Waals surface area contributed by atoms with E-state index >= 15 is 0 Å². The average molecular weight is 427 g/mol. The van der Waals surface area contributed by atoms with Crippen molar-refractivity contribution in [1.29, 1.82) is 0 Å². The Morgan fingerprint density at radius 3 is 1.12 bits per heavy atom. The maximum Gasteiger partial charge on any atom is 0.119 e. The Labute approximate surface area is 188 Å². The molecule has 2 N–H and O–H groups in total. The summed E-state index contributed by atoms with van der Waals surface area (Å²) in [6.07, 6.45) is 1.58. The molecule has 0 heterocycles. The summed E-state index contributed by atoms with van der Waals surface area (Å²) in [4.78, 5) is 0. The lowest BCUT2D eigenvalue weighted by Crippen LogP contribution is -2.01. The summed E-state index contributed by atoms with van der Waals surface area (Å²) in [6, 6.07) is 30.5. The van der Waals surface area contributed by atoms with Gasteiger partial charge in [0.2, 0.25) is 0 Å². The van der Waals surface area contributed by atoms with Gasteiger partial charge in [-0.05, 0) is 70.8 Å². The van der Waals surface area contributed by atoms with Crippen LogP contribution in [0.4, 0.5) is 0 Å². The number of benzene rings is 4. The van der Waals surface area contributed by atoms with Crippen molar-refractivity contribution in [2.75, 3.05) is 13.2 Å². The highest BCUT2D eigenvalue weighted by molar-refractivity contribution is 5.64. The summed E-state index contributed by atoms with van der Waals surface area (Å²) >= 11 is 0. The molecule has 4 aromatic carbocycles. The van der Waals surface area contributed by atoms with Crippen molar-refractivity contribution in [3.05, 3.63) is 108 Å². The molecule has 32 heavy (non-hydrogen) atoms. The summed E-state index contributed by atoms with van der Waals surface area (Å²) in [6.45, 7) is 1.17. The van der Waals surface area contributed by atoms with Gasteiger partial charge in [0.25, 0.3) is 0 Å². The number of hydrogen-bond acceptors (Lipinski definition) is 4. The molecule has 0 saturated heterocycles. The first-order valence-corrected chi connectivity index (χ1v) is 10.7. The molecule has 4 heteroatoms. The van der Waals surface area contributed by atoms with Gasteiger partial charge < -0.3 is 19.7 Å². The molecule has 0 saturated carbocycles. The number of hydrogen-bond donors (Lipinski definition) is 2. The van der Waals surface area contributed by atoms with E-state index in [0.29, 0.717) is 13.2 Å². The van der Waals surface area contributed by atoms with Crippen molar-refractivity contribution in [3.63, 3.8) is 0 Å². The summed E-state index contributed by atoms with van der Waals surface area (Å²) < 4.78 is 11.7. The molecule has 0 amide bonds. The highest BCUT2D eigenvalue weighted by Gasteiger charge is 2.02. The highest BCUT2D eigenvalue weighted by Crippen LogP contribution is 2.25. The Morgan fingerprint density at radius 1 is 0.438 bits per heavy atom. The summed E-state index contributed by atoms with van der Waals surface area (Å²) in [5.74, 6) is 2.22. The van der Waals surface area contributed by atoms with Crippen LogP contribution in [0.15, 0.2) is 97.1 Å². The minimum Gasteiger partial charge on any atom is -0.508 e. The third kappa shape index (κ3) is 6.05. The predicted molar refractivity (Wildman–Crippen MR) is 126 cm³/mol. The second-order valence-corrected chi connectivity index (χ2v) is 7.58. The van der Waals surface area contributed by atoms with E-state index in [4.69, 9.17) is 9.47 Å². The first-order chi connectivity index (χ1) is 15.7. The molecule has 0 atom stereocenters. The van der Waals surface area contributed by atoms with Crippen LogP contribution in [0, 0.1) is 0 Å². The number of phenolic OH excluding ortho intramolecular Hbond substituents is 2. The van der Waals surface area contributed by atoms with Crippen LogP contribution in [0.3, 0.4) is 0 Å². The van der Waals surface area contributed by atoms with E-state index in [9.17, 15) is 10.2 Å². The van der Waals surface area contributed by atoms with Crippen LogP contribution in [-0.4, -0.2) is 23.4 Å². The van der Waals surface area contributed by atoms with Crippen LogP contribution >= 0.6 is 0 Å². The van der Waals surface area contributed by atoms with Crippen LogP contribution in [0.5, 0.6) is 23.0 Å². The van der Waals surface area contributed by atoms with E-state index in [2.05, 4.69) is 24.3 Å². The van der Waals surface area contributed by atoms with Crippen LogP contribution < -0.4 is 9.47 Å². The molecular formula is C28H26O4. The molecule has 0 aliphatic rings. The van der Waals surface area contributed by atoms with Gasteiger partial charge in [-0.1, -0.05) is 48.5 Å². The normalized spacial score (nSPS) is 10.6. The largest absolute Gasteiger partial charge is 0.508 e. The smallest absolute Gasteiger partial charge is 0.119 e. The van der Waals surface area contributed by atoms with Crippen molar-refractivity contribution in [1.82, 2.24) is 0 Å². The molecule has 0 aliphatic carbocycles. The third-order valence-electron chi connectivity index (χ3n) is 5.23. The third-order valence-corrected chi connectivity index (χ3v) is 5.23. The summed E-state index contributed by atoms with van der Waals surface area (Å²) in [5.41, 5.74) is 4.49. The van der Waals surface area contributed by atoms with Gasteiger partial charge in [0.15, 0.2) is 0 Å². The van der Waals surface area contributed by atoms with Crippen molar-refractivity contribution in [2.45, 2.75) is 12.8 Å². The molecule has 0 spiro atoms. The van der Waals surface area contributed by atoms with E-state index in [1.807, 2.05) is 48.5 Å². The molecule has 4 rings (SSSR count). The Hall–Kier alpha value is -3.92. The Morgan fingerprint density at radius 2 is 0.781 bits per heavy atom. The van der Waals surface area contributed by atoms with E-state index in [-0.39, 0.29) is 11.5 Å². The SMILES string of the molecule is Oc1ccc(CCOc2ccc(-c3ccc(OCCc4ccc(O)cc4)cc3)cc2)cc1. The minimum atomic E-state index is 0.277. The van der Waals surface area contributed by atoms with E-state index in [1.165, 1.54) is 0 Å². The van der Waals surface area contributed by atoms with Crippen molar-refractivity contribution < 1.29 is 19.7 Å². The fraction of sp³-hybridized carbons (Fsp3) is 0.143. The quantitative estimate of drug-likeness (QED) is 0.344. The maximum atomic E-state index is 9.34. The lowest BCUT2D eigenvalue weighted by molar-refractivity contribution is 0.321. The first-order valence-electron chi connectivity index (χ1n) is 10.7. The standard InChI is InChI=1S/C28H26O4/c29-25-9-1-21(2-10-25)17-19-31-27-13-5-23(6-14-27)24-7-15-28(16-8-24)32-20-18-22-3-11-26(30)12-4-22/h1-16,29-30H,17-20H2. The van der Waals surface area contributed by atoms with E-state index in [0.717, 1.165) is 46.6 Å². The van der Waals surface area contributed by atoms with E-state index in [1.54, 1.807) is 24.3 Å². The zero-order chi connectivity index (χ0) is 22.2. The van der Waals surface area contributed by atoms with Crippen LogP contribution in [-0.2, 0) is 12.8 Å². The Bertz CT molecular complexity index is 1010. The number of ether oxygens (including phenoxy) is 2. The van der Waals surface area contributed by atoms with Crippen LogP contribution in [0.25, 0.3) is 11.1 Å². The molecule has 0 aromatic heterocycles. The van der Waals surface area contributed by atoms with Gasteiger partial charge in [0, 0.05) is 12.8 Å². The number of phenols is 2. The van der Waals surface area contributed by atoms with Crippen LogP contribution in [0.2, 0.25) is 0 Å². The molecule has 4 nitrogen and oxygen atoms in total. The summed E-state index contributed by atoms with van der Waals surface area (Å²) in [7, 11) is 0. The predicted octanol–water partition coefficient (Wildman–Crippen LogP) is 6.01. The van der Waals surface area contributed by atoms with Gasteiger partial charge in [0.1, 0.15) is 23.0 Å². The highest BCUT2D eigenvalue weighted by atomic mass is 16.5. The Kier molecular flexibility index (Phi) is 6.93. The lowest BCUT2D eigenvalue weighted by atomic mass is 10.1. The average Bonchev–Trinajstić information content (AvgIpc) is 2.83. The maximum absolute atomic E-state index is 9.34. The number of rotatable bonds is 9. The molecule has 162 valence electrons. The molecular weight excluding hydrogens is 400 g/mol. The second kappa shape index (κ2) is 10.4. The van der Waals surface area contributed by atoms with Crippen LogP contribution in [0.1, 0.15) is 11.1 Å². The van der Waals surface area contributed by atoms with Gasteiger partial charge >= 0.3 is 0 Å². The van der Waals surface area contributed by atoms with Crippen molar-refractivity contribution in [2.24, 2.45) is 0 Å². The van der Waals surface area contributed by atoms with Gasteiger partial charge in [0.05, 0.1) is 13.2 Å². The fourth-order valence-corrected chi connectivity index (χ4v) is 3.39. The number of aromatic hydroxyl groups is 2. The molecule has 0 bridgehead atoms. The van der Waals surface area contributed by atoms with Crippen molar-refractivity contribution >= 4 is 0 Å². The first kappa shape index (κ1) is 21.3. The van der Waals surface area contributed by atoms with E-state index < -0.39 is 0 Å². The van der Waals surface area contributed by atoms with Gasteiger partial charge in [-0.25, -0.2) is 0 Å². The zero-order valence-corrected chi connectivity index (χ0v) is 17.8. The Balaban J connectivity index is 1.25. The fourth-order valence-electron chi connectivity index (χ4n) is 3.39. The van der Waals surface area contributed by atoms with Gasteiger partial charge in [-0.15, -0.1) is 0 Å². The zero-order valence-electron chi connectivity index (χ0n) is 17.8. The lowest BCUT2D eigenvalue weighted by Gasteiger charge is -2.09. The molecule has 4 aromatic rings.